The van der Waals surface area contributed by atoms with Crippen molar-refractivity contribution in [2.45, 2.75) is 13.8 Å². The van der Waals surface area contributed by atoms with Crippen molar-refractivity contribution in [3.05, 3.63) is 58.7 Å². The maximum absolute atomic E-state index is 13.5. The molecule has 8 heteroatoms. The van der Waals surface area contributed by atoms with Crippen LogP contribution in [0.15, 0.2) is 24.3 Å². The first-order chi connectivity index (χ1) is 12.7. The molecule has 0 unspecified atom stereocenters. The zero-order chi connectivity index (χ0) is 20.1. The van der Waals surface area contributed by atoms with Crippen LogP contribution in [0.25, 0.3) is 0 Å². The zero-order valence-corrected chi connectivity index (χ0v) is 15.1. The highest BCUT2D eigenvalue weighted by molar-refractivity contribution is 5.77. The van der Waals surface area contributed by atoms with E-state index >= 15 is 0 Å². The van der Waals surface area contributed by atoms with Gasteiger partial charge in [0.2, 0.25) is 11.6 Å². The van der Waals surface area contributed by atoms with Gasteiger partial charge in [0.25, 0.3) is 5.91 Å². The molecular formula is C19H19F4NO3. The third-order valence-electron chi connectivity index (χ3n) is 3.73. The fraction of sp³-hybridized carbons (Fsp3) is 0.316. The Labute approximate surface area is 154 Å². The van der Waals surface area contributed by atoms with Crippen LogP contribution in [0.3, 0.4) is 0 Å². The number of likely N-dealkylation sites (N-methyl/N-ethyl adjacent to an activating group) is 1. The van der Waals surface area contributed by atoms with Gasteiger partial charge in [-0.05, 0) is 37.1 Å². The summed E-state index contributed by atoms with van der Waals surface area (Å²) in [6.07, 6.45) is 0. The number of aryl methyl sites for hydroxylation is 2. The van der Waals surface area contributed by atoms with E-state index in [0.29, 0.717) is 5.75 Å². The van der Waals surface area contributed by atoms with Crippen LogP contribution in [-0.2, 0) is 4.79 Å². The van der Waals surface area contributed by atoms with Crippen LogP contribution in [0.4, 0.5) is 17.6 Å². The van der Waals surface area contributed by atoms with Gasteiger partial charge >= 0.3 is 0 Å². The molecule has 0 aliphatic heterocycles. The van der Waals surface area contributed by atoms with Gasteiger partial charge in [0.15, 0.2) is 24.0 Å². The summed E-state index contributed by atoms with van der Waals surface area (Å²) < 4.78 is 63.4. The van der Waals surface area contributed by atoms with Gasteiger partial charge in [0.1, 0.15) is 12.4 Å². The second-order valence-corrected chi connectivity index (χ2v) is 6.07. The number of nitrogens with zero attached hydrogens (tertiary/aromatic N) is 1. The molecule has 0 heterocycles. The predicted molar refractivity (Wildman–Crippen MR) is 90.8 cm³/mol. The molecule has 4 nitrogen and oxygen atoms in total. The van der Waals surface area contributed by atoms with Gasteiger partial charge in [-0.15, -0.1) is 0 Å². The van der Waals surface area contributed by atoms with E-state index < -0.39 is 41.5 Å². The molecule has 0 atom stereocenters. The lowest BCUT2D eigenvalue weighted by Crippen LogP contribution is -2.34. The molecule has 0 N–H and O–H groups in total. The van der Waals surface area contributed by atoms with Gasteiger partial charge in [-0.3, -0.25) is 4.79 Å². The van der Waals surface area contributed by atoms with Gasteiger partial charge in [-0.1, -0.05) is 6.07 Å². The van der Waals surface area contributed by atoms with Crippen molar-refractivity contribution >= 4 is 5.91 Å². The number of halogens is 4. The van der Waals surface area contributed by atoms with Crippen LogP contribution in [0.5, 0.6) is 11.5 Å². The summed E-state index contributed by atoms with van der Waals surface area (Å²) in [4.78, 5) is 13.2. The van der Waals surface area contributed by atoms with E-state index in [9.17, 15) is 22.4 Å². The standard InChI is InChI=1S/C19H19F4NO3/c1-11-6-12(2)8-13(7-11)26-5-4-24(3)16(25)10-27-19-17(22)14(20)9-15(21)18(19)23/h6-9H,4-5,10H2,1-3H3. The fourth-order valence-electron chi connectivity index (χ4n) is 2.36. The lowest BCUT2D eigenvalue weighted by atomic mass is 10.1. The van der Waals surface area contributed by atoms with Crippen LogP contribution in [0, 0.1) is 37.1 Å². The maximum atomic E-state index is 13.5. The fourth-order valence-corrected chi connectivity index (χ4v) is 2.36. The summed E-state index contributed by atoms with van der Waals surface area (Å²) >= 11 is 0. The third kappa shape index (κ3) is 5.35. The van der Waals surface area contributed by atoms with E-state index in [4.69, 9.17) is 4.74 Å². The number of carbonyl (C=O) groups excluding carboxylic acids is 1. The number of carbonyl (C=O) groups is 1. The number of ether oxygens (including phenoxy) is 2. The lowest BCUT2D eigenvalue weighted by molar-refractivity contribution is -0.132. The summed E-state index contributed by atoms with van der Waals surface area (Å²) in [5, 5.41) is 0. The quantitative estimate of drug-likeness (QED) is 0.538. The first-order valence-corrected chi connectivity index (χ1v) is 8.10. The Morgan fingerprint density at radius 3 is 2.04 bits per heavy atom. The number of amides is 1. The molecule has 0 radical (unpaired) electrons. The highest BCUT2D eigenvalue weighted by Crippen LogP contribution is 2.26. The Kier molecular flexibility index (Phi) is 6.65. The summed E-state index contributed by atoms with van der Waals surface area (Å²) in [6, 6.07) is 5.76. The largest absolute Gasteiger partial charge is 0.492 e. The molecule has 2 aromatic carbocycles. The summed E-state index contributed by atoms with van der Waals surface area (Å²) in [5.74, 6) is -7.84. The molecule has 0 fully saturated rings. The van der Waals surface area contributed by atoms with E-state index in [1.807, 2.05) is 32.0 Å². The van der Waals surface area contributed by atoms with Gasteiger partial charge in [0.05, 0.1) is 6.54 Å². The highest BCUT2D eigenvalue weighted by Gasteiger charge is 2.22. The van der Waals surface area contributed by atoms with Crippen molar-refractivity contribution < 1.29 is 31.8 Å². The van der Waals surface area contributed by atoms with Gasteiger partial charge in [0, 0.05) is 13.1 Å². The second kappa shape index (κ2) is 8.75. The Morgan fingerprint density at radius 1 is 0.926 bits per heavy atom. The minimum absolute atomic E-state index is 0.0653. The van der Waals surface area contributed by atoms with E-state index in [2.05, 4.69) is 4.74 Å². The molecule has 0 saturated carbocycles. The smallest absolute Gasteiger partial charge is 0.260 e. The van der Waals surface area contributed by atoms with Crippen molar-refractivity contribution in [2.75, 3.05) is 26.8 Å². The van der Waals surface area contributed by atoms with E-state index in [1.54, 1.807) is 0 Å². The maximum Gasteiger partial charge on any atom is 0.260 e. The Morgan fingerprint density at radius 2 is 1.48 bits per heavy atom. The van der Waals surface area contributed by atoms with Crippen molar-refractivity contribution in [3.8, 4) is 11.5 Å². The molecule has 27 heavy (non-hydrogen) atoms. The topological polar surface area (TPSA) is 38.8 Å². The van der Waals surface area contributed by atoms with Gasteiger partial charge < -0.3 is 14.4 Å². The Bertz CT molecular complexity index is 796. The van der Waals surface area contributed by atoms with Gasteiger partial charge in [-0.2, -0.15) is 8.78 Å². The van der Waals surface area contributed by atoms with E-state index in [-0.39, 0.29) is 19.2 Å². The van der Waals surface area contributed by atoms with Gasteiger partial charge in [-0.25, -0.2) is 8.78 Å². The van der Waals surface area contributed by atoms with Crippen LogP contribution in [0.2, 0.25) is 0 Å². The average molecular weight is 385 g/mol. The minimum atomic E-state index is -1.69. The first kappa shape index (κ1) is 20.5. The molecule has 2 aromatic rings. The highest BCUT2D eigenvalue weighted by atomic mass is 19.2. The molecule has 0 bridgehead atoms. The number of hydrogen-bond donors (Lipinski definition) is 0. The molecule has 0 aliphatic rings. The van der Waals surface area contributed by atoms with Crippen molar-refractivity contribution in [2.24, 2.45) is 0 Å². The summed E-state index contributed by atoms with van der Waals surface area (Å²) in [5.41, 5.74) is 2.07. The van der Waals surface area contributed by atoms with E-state index in [1.165, 1.54) is 11.9 Å². The average Bonchev–Trinajstić information content (AvgIpc) is 2.59. The molecule has 0 spiro atoms. The molecule has 2 rings (SSSR count). The molecule has 1 amide bonds. The van der Waals surface area contributed by atoms with Crippen molar-refractivity contribution in [1.29, 1.82) is 0 Å². The Balaban J connectivity index is 1.87. The zero-order valence-electron chi connectivity index (χ0n) is 15.1. The first-order valence-electron chi connectivity index (χ1n) is 8.10. The second-order valence-electron chi connectivity index (χ2n) is 6.07. The van der Waals surface area contributed by atoms with E-state index in [0.717, 1.165) is 11.1 Å². The van der Waals surface area contributed by atoms with Crippen LogP contribution in [0.1, 0.15) is 11.1 Å². The van der Waals surface area contributed by atoms with Crippen LogP contribution >= 0.6 is 0 Å². The summed E-state index contributed by atoms with van der Waals surface area (Å²) in [6.45, 7) is 3.44. The minimum Gasteiger partial charge on any atom is -0.492 e. The monoisotopic (exact) mass is 385 g/mol. The SMILES string of the molecule is Cc1cc(C)cc(OCCN(C)C(=O)COc2c(F)c(F)cc(F)c2F)c1. The number of benzene rings is 2. The molecular weight excluding hydrogens is 366 g/mol. The van der Waals surface area contributed by atoms with Crippen LogP contribution < -0.4 is 9.47 Å². The number of hydrogen-bond acceptors (Lipinski definition) is 3. The Hall–Kier alpha value is -2.77. The normalized spacial score (nSPS) is 10.6. The predicted octanol–water partition coefficient (Wildman–Crippen LogP) is 3.78. The van der Waals surface area contributed by atoms with Crippen molar-refractivity contribution in [3.63, 3.8) is 0 Å². The van der Waals surface area contributed by atoms with Crippen molar-refractivity contribution in [1.82, 2.24) is 4.90 Å². The lowest BCUT2D eigenvalue weighted by Gasteiger charge is -2.18. The molecule has 0 aliphatic carbocycles. The summed E-state index contributed by atoms with van der Waals surface area (Å²) in [7, 11) is 1.44. The molecule has 0 saturated heterocycles. The van der Waals surface area contributed by atoms with Crippen LogP contribution in [-0.4, -0.2) is 37.6 Å². The third-order valence-corrected chi connectivity index (χ3v) is 3.73. The molecule has 146 valence electrons. The molecule has 0 aromatic heterocycles. The number of rotatable bonds is 7.